The summed E-state index contributed by atoms with van der Waals surface area (Å²) in [5.41, 5.74) is 3.30. The number of hydrogen-bond donors (Lipinski definition) is 1. The van der Waals surface area contributed by atoms with Gasteiger partial charge in [-0.25, -0.2) is 0 Å². The lowest BCUT2D eigenvalue weighted by Crippen LogP contribution is -2.57. The maximum absolute atomic E-state index is 12.7. The van der Waals surface area contributed by atoms with E-state index in [0.29, 0.717) is 19.7 Å². The SMILES string of the molecule is CNC(=O)[C@H]1CN(Cc2ccccc2)CCN1Cc1cccc(OCc2ccccn2)c1. The minimum atomic E-state index is -0.185. The summed E-state index contributed by atoms with van der Waals surface area (Å²) in [6, 6.07) is 24.1. The lowest BCUT2D eigenvalue weighted by molar-refractivity contribution is -0.128. The second-order valence-corrected chi connectivity index (χ2v) is 8.08. The van der Waals surface area contributed by atoms with E-state index in [1.807, 2.05) is 36.4 Å². The second-order valence-electron chi connectivity index (χ2n) is 8.08. The number of carbonyl (C=O) groups is 1. The van der Waals surface area contributed by atoms with Gasteiger partial charge in [0, 0.05) is 46.0 Å². The Morgan fingerprint density at radius 3 is 2.59 bits per heavy atom. The molecule has 1 amide bonds. The van der Waals surface area contributed by atoms with Crippen molar-refractivity contribution in [1.82, 2.24) is 20.1 Å². The zero-order chi connectivity index (χ0) is 22.2. The Balaban J connectivity index is 1.39. The number of hydrogen-bond acceptors (Lipinski definition) is 5. The van der Waals surface area contributed by atoms with Crippen molar-refractivity contribution < 1.29 is 9.53 Å². The van der Waals surface area contributed by atoms with Crippen LogP contribution in [0.3, 0.4) is 0 Å². The molecule has 0 aliphatic carbocycles. The summed E-state index contributed by atoms with van der Waals surface area (Å²) in [5, 5.41) is 2.85. The molecule has 0 saturated carbocycles. The van der Waals surface area contributed by atoms with Gasteiger partial charge in [-0.05, 0) is 35.4 Å². The lowest BCUT2D eigenvalue weighted by Gasteiger charge is -2.40. The second kappa shape index (κ2) is 10.9. The molecule has 6 heteroatoms. The van der Waals surface area contributed by atoms with Crippen LogP contribution in [-0.2, 0) is 24.5 Å². The maximum Gasteiger partial charge on any atom is 0.238 e. The molecule has 1 fully saturated rings. The number of carbonyl (C=O) groups excluding carboxylic acids is 1. The standard InChI is InChI=1S/C26H30N4O2/c1-27-26(31)25-19-29(17-21-8-3-2-4-9-21)14-15-30(25)18-22-10-7-12-24(16-22)32-20-23-11-5-6-13-28-23/h2-13,16,25H,14-15,17-20H2,1H3,(H,27,31)/t25-/m1/s1. The first kappa shape index (κ1) is 22.0. The topological polar surface area (TPSA) is 57.7 Å². The molecule has 1 aliphatic heterocycles. The normalized spacial score (nSPS) is 17.1. The van der Waals surface area contributed by atoms with Crippen LogP contribution in [0, 0.1) is 0 Å². The van der Waals surface area contributed by atoms with E-state index in [-0.39, 0.29) is 11.9 Å². The number of pyridine rings is 1. The Hall–Kier alpha value is -3.22. The first-order chi connectivity index (χ1) is 15.7. The molecule has 32 heavy (non-hydrogen) atoms. The molecule has 0 spiro atoms. The smallest absolute Gasteiger partial charge is 0.238 e. The van der Waals surface area contributed by atoms with Crippen molar-refractivity contribution in [2.45, 2.75) is 25.7 Å². The summed E-state index contributed by atoms with van der Waals surface area (Å²) in [5.74, 6) is 0.873. The fraction of sp³-hybridized carbons (Fsp3) is 0.308. The summed E-state index contributed by atoms with van der Waals surface area (Å²) in [6.45, 7) is 4.48. The molecule has 0 bridgehead atoms. The number of benzene rings is 2. The molecule has 4 rings (SSSR count). The van der Waals surface area contributed by atoms with Gasteiger partial charge < -0.3 is 10.1 Å². The molecular formula is C26H30N4O2. The molecular weight excluding hydrogens is 400 g/mol. The highest BCUT2D eigenvalue weighted by molar-refractivity contribution is 5.81. The van der Waals surface area contributed by atoms with Gasteiger partial charge in [0.15, 0.2) is 0 Å². The Bertz CT molecular complexity index is 997. The van der Waals surface area contributed by atoms with Crippen LogP contribution in [0.1, 0.15) is 16.8 Å². The van der Waals surface area contributed by atoms with Gasteiger partial charge in [-0.3, -0.25) is 19.6 Å². The van der Waals surface area contributed by atoms with Crippen molar-refractivity contribution in [3.8, 4) is 5.75 Å². The minimum absolute atomic E-state index is 0.0605. The third-order valence-electron chi connectivity index (χ3n) is 5.77. The van der Waals surface area contributed by atoms with Crippen LogP contribution in [0.15, 0.2) is 79.0 Å². The Morgan fingerprint density at radius 2 is 1.81 bits per heavy atom. The Labute approximate surface area is 189 Å². The van der Waals surface area contributed by atoms with Crippen LogP contribution < -0.4 is 10.1 Å². The van der Waals surface area contributed by atoms with Gasteiger partial charge in [0.05, 0.1) is 5.69 Å². The zero-order valence-corrected chi connectivity index (χ0v) is 18.5. The van der Waals surface area contributed by atoms with E-state index in [9.17, 15) is 4.79 Å². The van der Waals surface area contributed by atoms with Crippen LogP contribution in [0.2, 0.25) is 0 Å². The van der Waals surface area contributed by atoms with Gasteiger partial charge in [0.2, 0.25) is 5.91 Å². The van der Waals surface area contributed by atoms with Crippen LogP contribution in [0.5, 0.6) is 5.75 Å². The lowest BCUT2D eigenvalue weighted by atomic mass is 10.1. The van der Waals surface area contributed by atoms with Crippen molar-refractivity contribution >= 4 is 5.91 Å². The molecule has 0 unspecified atom stereocenters. The zero-order valence-electron chi connectivity index (χ0n) is 18.5. The van der Waals surface area contributed by atoms with Crippen molar-refractivity contribution in [1.29, 1.82) is 0 Å². The fourth-order valence-electron chi connectivity index (χ4n) is 4.08. The highest BCUT2D eigenvalue weighted by Gasteiger charge is 2.31. The average Bonchev–Trinajstić information content (AvgIpc) is 2.85. The monoisotopic (exact) mass is 430 g/mol. The van der Waals surface area contributed by atoms with Gasteiger partial charge >= 0.3 is 0 Å². The van der Waals surface area contributed by atoms with E-state index in [1.165, 1.54) is 5.56 Å². The summed E-state index contributed by atoms with van der Waals surface area (Å²) < 4.78 is 5.93. The van der Waals surface area contributed by atoms with Crippen LogP contribution >= 0.6 is 0 Å². The predicted molar refractivity (Wildman–Crippen MR) is 125 cm³/mol. The van der Waals surface area contributed by atoms with Gasteiger partial charge in [-0.2, -0.15) is 0 Å². The molecule has 1 atom stereocenters. The van der Waals surface area contributed by atoms with Crippen molar-refractivity contribution in [2.75, 3.05) is 26.7 Å². The summed E-state index contributed by atoms with van der Waals surface area (Å²) >= 11 is 0. The molecule has 1 aliphatic rings. The number of nitrogens with zero attached hydrogens (tertiary/aromatic N) is 3. The highest BCUT2D eigenvalue weighted by Crippen LogP contribution is 2.20. The predicted octanol–water partition coefficient (Wildman–Crippen LogP) is 3.09. The van der Waals surface area contributed by atoms with E-state index in [0.717, 1.165) is 36.6 Å². The van der Waals surface area contributed by atoms with Crippen LogP contribution in [-0.4, -0.2) is 53.4 Å². The highest BCUT2D eigenvalue weighted by atomic mass is 16.5. The van der Waals surface area contributed by atoms with Crippen LogP contribution in [0.4, 0.5) is 0 Å². The number of piperazine rings is 1. The molecule has 166 valence electrons. The fourth-order valence-corrected chi connectivity index (χ4v) is 4.08. The third kappa shape index (κ3) is 5.93. The van der Waals surface area contributed by atoms with Gasteiger partial charge in [-0.1, -0.05) is 48.5 Å². The van der Waals surface area contributed by atoms with Crippen molar-refractivity contribution in [3.05, 3.63) is 95.8 Å². The molecule has 2 heterocycles. The summed E-state index contributed by atoms with van der Waals surface area (Å²) in [4.78, 5) is 21.6. The number of amides is 1. The van der Waals surface area contributed by atoms with E-state index in [2.05, 4.69) is 56.5 Å². The van der Waals surface area contributed by atoms with E-state index in [1.54, 1.807) is 13.2 Å². The van der Waals surface area contributed by atoms with Crippen molar-refractivity contribution in [3.63, 3.8) is 0 Å². The molecule has 1 N–H and O–H groups in total. The van der Waals surface area contributed by atoms with E-state index < -0.39 is 0 Å². The average molecular weight is 431 g/mol. The Kier molecular flexibility index (Phi) is 7.48. The molecule has 1 aromatic heterocycles. The Morgan fingerprint density at radius 1 is 1.00 bits per heavy atom. The number of ether oxygens (including phenoxy) is 1. The van der Waals surface area contributed by atoms with Gasteiger partial charge in [0.1, 0.15) is 18.4 Å². The van der Waals surface area contributed by atoms with Gasteiger partial charge in [-0.15, -0.1) is 0 Å². The number of likely N-dealkylation sites (N-methyl/N-ethyl adjacent to an activating group) is 1. The molecule has 2 aromatic carbocycles. The number of nitrogens with one attached hydrogen (secondary N) is 1. The van der Waals surface area contributed by atoms with E-state index >= 15 is 0 Å². The third-order valence-corrected chi connectivity index (χ3v) is 5.77. The molecule has 0 radical (unpaired) electrons. The molecule has 1 saturated heterocycles. The van der Waals surface area contributed by atoms with Crippen molar-refractivity contribution in [2.24, 2.45) is 0 Å². The maximum atomic E-state index is 12.7. The first-order valence-electron chi connectivity index (χ1n) is 11.0. The largest absolute Gasteiger partial charge is 0.487 e. The quantitative estimate of drug-likeness (QED) is 0.595. The number of aromatic nitrogens is 1. The number of rotatable bonds is 8. The summed E-state index contributed by atoms with van der Waals surface area (Å²) in [6.07, 6.45) is 1.77. The first-order valence-corrected chi connectivity index (χ1v) is 11.0. The van der Waals surface area contributed by atoms with Crippen LogP contribution in [0.25, 0.3) is 0 Å². The van der Waals surface area contributed by atoms with Gasteiger partial charge in [0.25, 0.3) is 0 Å². The molecule has 6 nitrogen and oxygen atoms in total. The molecule has 3 aromatic rings. The van der Waals surface area contributed by atoms with E-state index in [4.69, 9.17) is 4.74 Å². The summed E-state index contributed by atoms with van der Waals surface area (Å²) in [7, 11) is 1.71. The minimum Gasteiger partial charge on any atom is -0.487 e.